The lowest BCUT2D eigenvalue weighted by molar-refractivity contribution is 0.0962. The topological polar surface area (TPSA) is 60.3 Å². The molecule has 126 valence electrons. The summed E-state index contributed by atoms with van der Waals surface area (Å²) < 4.78 is 7.44. The third-order valence-corrected chi connectivity index (χ3v) is 4.24. The van der Waals surface area contributed by atoms with Crippen LogP contribution in [0.5, 0.6) is 5.88 Å². The van der Waals surface area contributed by atoms with Crippen molar-refractivity contribution in [2.75, 3.05) is 11.4 Å². The number of aromatic nitrogens is 3. The van der Waals surface area contributed by atoms with Crippen LogP contribution in [-0.2, 0) is 13.2 Å². The molecule has 1 aliphatic heterocycles. The summed E-state index contributed by atoms with van der Waals surface area (Å²) >= 11 is 0. The predicted molar refractivity (Wildman–Crippen MR) is 93.7 cm³/mol. The monoisotopic (exact) mass is 334 g/mol. The van der Waals surface area contributed by atoms with Crippen molar-refractivity contribution in [2.24, 2.45) is 0 Å². The van der Waals surface area contributed by atoms with E-state index in [9.17, 15) is 4.79 Å². The Bertz CT molecular complexity index is 888. The van der Waals surface area contributed by atoms with Crippen LogP contribution in [0.3, 0.4) is 0 Å². The van der Waals surface area contributed by atoms with Crippen molar-refractivity contribution in [1.82, 2.24) is 14.8 Å². The van der Waals surface area contributed by atoms with Gasteiger partial charge >= 0.3 is 0 Å². The first kappa shape index (κ1) is 15.4. The predicted octanol–water partition coefficient (Wildman–Crippen LogP) is 2.83. The van der Waals surface area contributed by atoms with Gasteiger partial charge in [0.2, 0.25) is 5.88 Å². The molecule has 1 amide bonds. The van der Waals surface area contributed by atoms with Crippen LogP contribution in [0.15, 0.2) is 54.9 Å². The standard InChI is InChI=1S/C19H18N4O2/c1-14-2-4-16(5-3-14)22-10-11-23-17(19(22)24)12-18(21-23)25-13-15-6-8-20-9-7-15/h2-9,12H,10-11,13H2,1H3. The number of carbonyl (C=O) groups excluding carboxylic acids is 1. The Labute approximate surface area is 145 Å². The van der Waals surface area contributed by atoms with Gasteiger partial charge in [-0.15, -0.1) is 5.10 Å². The van der Waals surface area contributed by atoms with Crippen LogP contribution < -0.4 is 9.64 Å². The Morgan fingerprint density at radius 2 is 1.84 bits per heavy atom. The van der Waals surface area contributed by atoms with Gasteiger partial charge in [-0.3, -0.25) is 14.5 Å². The van der Waals surface area contributed by atoms with Crippen LogP contribution >= 0.6 is 0 Å². The van der Waals surface area contributed by atoms with E-state index in [4.69, 9.17) is 4.74 Å². The van der Waals surface area contributed by atoms with Gasteiger partial charge in [-0.1, -0.05) is 17.7 Å². The van der Waals surface area contributed by atoms with E-state index in [1.54, 1.807) is 28.0 Å². The molecule has 0 atom stereocenters. The van der Waals surface area contributed by atoms with E-state index < -0.39 is 0 Å². The smallest absolute Gasteiger partial charge is 0.276 e. The van der Waals surface area contributed by atoms with Crippen molar-refractivity contribution >= 4 is 11.6 Å². The third kappa shape index (κ3) is 3.10. The van der Waals surface area contributed by atoms with Crippen LogP contribution in [0.4, 0.5) is 5.69 Å². The Balaban J connectivity index is 1.51. The van der Waals surface area contributed by atoms with Crippen molar-refractivity contribution in [3.05, 3.63) is 71.7 Å². The minimum Gasteiger partial charge on any atom is -0.472 e. The maximum Gasteiger partial charge on any atom is 0.276 e. The second-order valence-electron chi connectivity index (χ2n) is 6.03. The number of ether oxygens (including phenoxy) is 1. The Morgan fingerprint density at radius 1 is 1.08 bits per heavy atom. The first-order valence-electron chi connectivity index (χ1n) is 8.19. The molecule has 1 aromatic carbocycles. The van der Waals surface area contributed by atoms with Gasteiger partial charge in [-0.05, 0) is 36.8 Å². The molecule has 0 spiro atoms. The lowest BCUT2D eigenvalue weighted by atomic mass is 10.2. The summed E-state index contributed by atoms with van der Waals surface area (Å²) in [5.41, 5.74) is 3.64. The second-order valence-corrected chi connectivity index (χ2v) is 6.03. The highest BCUT2D eigenvalue weighted by molar-refractivity contribution is 6.05. The average molecular weight is 334 g/mol. The van der Waals surface area contributed by atoms with Gasteiger partial charge in [0.25, 0.3) is 5.91 Å². The molecule has 0 saturated heterocycles. The zero-order chi connectivity index (χ0) is 17.2. The van der Waals surface area contributed by atoms with Crippen molar-refractivity contribution in [1.29, 1.82) is 0 Å². The van der Waals surface area contributed by atoms with Gasteiger partial charge in [0.15, 0.2) is 0 Å². The van der Waals surface area contributed by atoms with Crippen LogP contribution in [0.25, 0.3) is 0 Å². The number of hydrogen-bond donors (Lipinski definition) is 0. The minimum absolute atomic E-state index is 0.0543. The number of nitrogens with zero attached hydrogens (tertiary/aromatic N) is 4. The molecule has 0 unspecified atom stereocenters. The summed E-state index contributed by atoms with van der Waals surface area (Å²) in [4.78, 5) is 18.6. The van der Waals surface area contributed by atoms with Gasteiger partial charge in [0.05, 0.1) is 6.54 Å². The maximum atomic E-state index is 12.8. The molecule has 0 bridgehead atoms. The first-order valence-corrected chi connectivity index (χ1v) is 8.19. The van der Waals surface area contributed by atoms with Gasteiger partial charge < -0.3 is 9.64 Å². The lowest BCUT2D eigenvalue weighted by Crippen LogP contribution is -2.40. The average Bonchev–Trinajstić information content (AvgIpc) is 3.06. The molecule has 0 radical (unpaired) electrons. The molecule has 25 heavy (non-hydrogen) atoms. The number of pyridine rings is 1. The molecule has 6 heteroatoms. The molecule has 0 N–H and O–H groups in total. The number of aryl methyl sites for hydroxylation is 1. The second kappa shape index (κ2) is 6.39. The van der Waals surface area contributed by atoms with E-state index >= 15 is 0 Å². The molecular formula is C19H18N4O2. The summed E-state index contributed by atoms with van der Waals surface area (Å²) in [6, 6.07) is 13.5. The van der Waals surface area contributed by atoms with Crippen molar-refractivity contribution in [3.63, 3.8) is 0 Å². The van der Waals surface area contributed by atoms with E-state index in [1.165, 1.54) is 5.56 Å². The zero-order valence-electron chi connectivity index (χ0n) is 13.9. The fourth-order valence-electron chi connectivity index (χ4n) is 2.85. The fourth-order valence-corrected chi connectivity index (χ4v) is 2.85. The van der Waals surface area contributed by atoms with Gasteiger partial charge in [-0.2, -0.15) is 0 Å². The van der Waals surface area contributed by atoms with Crippen molar-refractivity contribution in [3.8, 4) is 5.88 Å². The largest absolute Gasteiger partial charge is 0.472 e. The Morgan fingerprint density at radius 3 is 2.60 bits per heavy atom. The van der Waals surface area contributed by atoms with Crippen LogP contribution in [0.2, 0.25) is 0 Å². The molecule has 6 nitrogen and oxygen atoms in total. The van der Waals surface area contributed by atoms with E-state index in [1.807, 2.05) is 43.3 Å². The minimum atomic E-state index is -0.0543. The molecule has 4 rings (SSSR count). The van der Waals surface area contributed by atoms with Crippen LogP contribution in [0.1, 0.15) is 21.6 Å². The number of carbonyl (C=O) groups is 1. The van der Waals surface area contributed by atoms with Crippen LogP contribution in [0, 0.1) is 6.92 Å². The zero-order valence-corrected chi connectivity index (χ0v) is 13.9. The third-order valence-electron chi connectivity index (χ3n) is 4.24. The summed E-state index contributed by atoms with van der Waals surface area (Å²) in [6.45, 7) is 3.67. The van der Waals surface area contributed by atoms with Crippen molar-refractivity contribution < 1.29 is 9.53 Å². The quantitative estimate of drug-likeness (QED) is 0.736. The molecule has 1 aliphatic rings. The SMILES string of the molecule is Cc1ccc(N2CCn3nc(OCc4ccncc4)cc3C2=O)cc1. The number of hydrogen-bond acceptors (Lipinski definition) is 4. The van der Waals surface area contributed by atoms with E-state index in [0.717, 1.165) is 11.3 Å². The van der Waals surface area contributed by atoms with Gasteiger partial charge in [0, 0.05) is 30.7 Å². The van der Waals surface area contributed by atoms with Gasteiger partial charge in [0.1, 0.15) is 12.3 Å². The summed E-state index contributed by atoms with van der Waals surface area (Å²) in [6.07, 6.45) is 3.44. The fraction of sp³-hybridized carbons (Fsp3) is 0.211. The highest BCUT2D eigenvalue weighted by atomic mass is 16.5. The Kier molecular flexibility index (Phi) is 3.93. The maximum absolute atomic E-state index is 12.8. The first-order chi connectivity index (χ1) is 12.2. The number of rotatable bonds is 4. The van der Waals surface area contributed by atoms with Gasteiger partial charge in [-0.25, -0.2) is 0 Å². The summed E-state index contributed by atoms with van der Waals surface area (Å²) in [5.74, 6) is 0.410. The van der Waals surface area contributed by atoms with E-state index in [0.29, 0.717) is 31.3 Å². The molecule has 0 aliphatic carbocycles. The number of benzene rings is 1. The molecule has 0 saturated carbocycles. The highest BCUT2D eigenvalue weighted by Gasteiger charge is 2.27. The lowest BCUT2D eigenvalue weighted by Gasteiger charge is -2.27. The molecular weight excluding hydrogens is 316 g/mol. The molecule has 3 aromatic rings. The number of fused-ring (bicyclic) bond motifs is 1. The molecule has 2 aromatic heterocycles. The van der Waals surface area contributed by atoms with E-state index in [-0.39, 0.29) is 5.91 Å². The van der Waals surface area contributed by atoms with Crippen molar-refractivity contribution in [2.45, 2.75) is 20.1 Å². The highest BCUT2D eigenvalue weighted by Crippen LogP contribution is 2.24. The molecule has 0 fully saturated rings. The summed E-state index contributed by atoms with van der Waals surface area (Å²) in [5, 5.41) is 4.39. The number of amides is 1. The normalized spacial score (nSPS) is 13.6. The van der Waals surface area contributed by atoms with Crippen LogP contribution in [-0.4, -0.2) is 27.2 Å². The number of anilines is 1. The molecule has 3 heterocycles. The summed E-state index contributed by atoms with van der Waals surface area (Å²) in [7, 11) is 0. The van der Waals surface area contributed by atoms with E-state index in [2.05, 4.69) is 10.1 Å². The Hall–Kier alpha value is -3.15.